The second-order valence-corrected chi connectivity index (χ2v) is 3.20. The largest absolute Gasteiger partial charge is 0.366 e. The predicted octanol–water partition coefficient (Wildman–Crippen LogP) is 0.980. The minimum Gasteiger partial charge on any atom is -0.366 e. The van der Waals surface area contributed by atoms with E-state index in [0.717, 1.165) is 12.8 Å². The average Bonchev–Trinajstić information content (AvgIpc) is 2.18. The van der Waals surface area contributed by atoms with E-state index in [-0.39, 0.29) is 6.04 Å². The fourth-order valence-electron chi connectivity index (χ4n) is 1.37. The smallest absolute Gasteiger partial charge is 0.250 e. The maximum absolute atomic E-state index is 11.1. The summed E-state index contributed by atoms with van der Waals surface area (Å²) in [6.07, 6.45) is 3.38. The van der Waals surface area contributed by atoms with E-state index in [1.807, 2.05) is 6.92 Å². The Bertz CT molecular complexity index is 325. The second-order valence-electron chi connectivity index (χ2n) is 3.20. The molecular weight excluding hydrogens is 178 g/mol. The quantitative estimate of drug-likeness (QED) is 0.747. The Morgan fingerprint density at radius 3 is 2.93 bits per heavy atom. The molecule has 14 heavy (non-hydrogen) atoms. The Hall–Kier alpha value is -1.42. The van der Waals surface area contributed by atoms with Crippen molar-refractivity contribution in [1.29, 1.82) is 0 Å². The molecule has 1 amide bonds. The number of primary amides is 1. The highest BCUT2D eigenvalue weighted by molar-refractivity contribution is 5.93. The summed E-state index contributed by atoms with van der Waals surface area (Å²) >= 11 is 0. The number of carbonyl (C=O) groups is 1. The Balaban J connectivity index is 3.00. The number of amides is 1. The van der Waals surface area contributed by atoms with E-state index >= 15 is 0 Å². The van der Waals surface area contributed by atoms with Crippen molar-refractivity contribution in [2.24, 2.45) is 11.5 Å². The third kappa shape index (κ3) is 2.29. The number of nitrogens with zero attached hydrogens (tertiary/aromatic N) is 1. The summed E-state index contributed by atoms with van der Waals surface area (Å²) in [4.78, 5) is 15.1. The van der Waals surface area contributed by atoms with E-state index in [2.05, 4.69) is 4.98 Å². The van der Waals surface area contributed by atoms with Crippen LogP contribution in [-0.4, -0.2) is 10.9 Å². The fraction of sp³-hybridized carbons (Fsp3) is 0.400. The van der Waals surface area contributed by atoms with Gasteiger partial charge < -0.3 is 11.5 Å². The molecule has 1 aromatic heterocycles. The molecule has 0 aromatic carbocycles. The van der Waals surface area contributed by atoms with Crippen LogP contribution in [0.4, 0.5) is 0 Å². The molecule has 4 nitrogen and oxygen atoms in total. The molecule has 0 aliphatic heterocycles. The van der Waals surface area contributed by atoms with Gasteiger partial charge in [0, 0.05) is 12.2 Å². The molecule has 4 heteroatoms. The first-order valence-corrected chi connectivity index (χ1v) is 4.67. The highest BCUT2D eigenvalue weighted by Crippen LogP contribution is 2.16. The van der Waals surface area contributed by atoms with Crippen LogP contribution >= 0.6 is 0 Å². The van der Waals surface area contributed by atoms with E-state index in [1.54, 1.807) is 18.3 Å². The summed E-state index contributed by atoms with van der Waals surface area (Å²) in [5, 5.41) is 0. The summed E-state index contributed by atoms with van der Waals surface area (Å²) in [6.45, 7) is 2.03. The summed E-state index contributed by atoms with van der Waals surface area (Å²) in [7, 11) is 0. The van der Waals surface area contributed by atoms with Gasteiger partial charge in [-0.05, 0) is 18.6 Å². The minimum absolute atomic E-state index is 0.205. The Morgan fingerprint density at radius 1 is 1.64 bits per heavy atom. The number of aromatic nitrogens is 1. The van der Waals surface area contributed by atoms with Crippen LogP contribution in [0.1, 0.15) is 41.9 Å². The van der Waals surface area contributed by atoms with Crippen LogP contribution < -0.4 is 11.5 Å². The van der Waals surface area contributed by atoms with Crippen molar-refractivity contribution >= 4 is 5.91 Å². The maximum Gasteiger partial charge on any atom is 0.250 e. The zero-order valence-electron chi connectivity index (χ0n) is 8.23. The third-order valence-corrected chi connectivity index (χ3v) is 2.05. The van der Waals surface area contributed by atoms with E-state index in [1.165, 1.54) is 0 Å². The second kappa shape index (κ2) is 4.72. The number of nitrogens with two attached hydrogens (primary N) is 2. The van der Waals surface area contributed by atoms with Crippen LogP contribution in [0.25, 0.3) is 0 Å². The van der Waals surface area contributed by atoms with Gasteiger partial charge in [-0.15, -0.1) is 0 Å². The van der Waals surface area contributed by atoms with Gasteiger partial charge >= 0.3 is 0 Å². The first-order chi connectivity index (χ1) is 6.66. The Morgan fingerprint density at radius 2 is 2.36 bits per heavy atom. The van der Waals surface area contributed by atoms with Gasteiger partial charge in [0.1, 0.15) is 0 Å². The standard InChI is InChI=1S/C10H15N3O/c1-2-4-8(11)9-7(10(12)14)5-3-6-13-9/h3,5-6,8H,2,4,11H2,1H3,(H2,12,14). The molecule has 0 bridgehead atoms. The third-order valence-electron chi connectivity index (χ3n) is 2.05. The van der Waals surface area contributed by atoms with Crippen LogP contribution in [-0.2, 0) is 0 Å². The minimum atomic E-state index is -0.473. The molecule has 0 aliphatic carbocycles. The lowest BCUT2D eigenvalue weighted by molar-refractivity contribution is 0.0998. The van der Waals surface area contributed by atoms with Gasteiger partial charge in [-0.1, -0.05) is 13.3 Å². The van der Waals surface area contributed by atoms with Gasteiger partial charge in [0.25, 0.3) is 5.91 Å². The summed E-state index contributed by atoms with van der Waals surface area (Å²) in [5.41, 5.74) is 12.1. The van der Waals surface area contributed by atoms with Crippen LogP contribution in [0.3, 0.4) is 0 Å². The number of hydrogen-bond donors (Lipinski definition) is 2. The lowest BCUT2D eigenvalue weighted by atomic mass is 10.0. The first-order valence-electron chi connectivity index (χ1n) is 4.67. The van der Waals surface area contributed by atoms with Crippen molar-refractivity contribution in [3.8, 4) is 0 Å². The zero-order chi connectivity index (χ0) is 10.6. The van der Waals surface area contributed by atoms with Crippen LogP contribution in [0.2, 0.25) is 0 Å². The van der Waals surface area contributed by atoms with Crippen molar-refractivity contribution in [3.05, 3.63) is 29.6 Å². The van der Waals surface area contributed by atoms with E-state index in [0.29, 0.717) is 11.3 Å². The van der Waals surface area contributed by atoms with Gasteiger partial charge in [0.2, 0.25) is 0 Å². The van der Waals surface area contributed by atoms with Gasteiger partial charge in [-0.2, -0.15) is 0 Å². The topological polar surface area (TPSA) is 82.0 Å². The predicted molar refractivity (Wildman–Crippen MR) is 54.6 cm³/mol. The van der Waals surface area contributed by atoms with Crippen molar-refractivity contribution in [2.75, 3.05) is 0 Å². The molecule has 0 saturated heterocycles. The summed E-state index contributed by atoms with van der Waals surface area (Å²) in [6, 6.07) is 3.13. The van der Waals surface area contributed by atoms with Crippen LogP contribution in [0.5, 0.6) is 0 Å². The number of carbonyl (C=O) groups excluding carboxylic acids is 1. The number of rotatable bonds is 4. The molecule has 1 rings (SSSR count). The Labute approximate surface area is 83.3 Å². The lowest BCUT2D eigenvalue weighted by Crippen LogP contribution is -2.20. The van der Waals surface area contributed by atoms with Crippen molar-refractivity contribution in [2.45, 2.75) is 25.8 Å². The monoisotopic (exact) mass is 193 g/mol. The molecule has 0 radical (unpaired) electrons. The van der Waals surface area contributed by atoms with Gasteiger partial charge in [-0.3, -0.25) is 9.78 Å². The van der Waals surface area contributed by atoms with Crippen LogP contribution in [0.15, 0.2) is 18.3 Å². The van der Waals surface area contributed by atoms with Gasteiger partial charge in [0.05, 0.1) is 11.3 Å². The molecule has 1 unspecified atom stereocenters. The Kier molecular flexibility index (Phi) is 3.59. The summed E-state index contributed by atoms with van der Waals surface area (Å²) < 4.78 is 0. The maximum atomic E-state index is 11.1. The average molecular weight is 193 g/mol. The van der Waals surface area contributed by atoms with Gasteiger partial charge in [0.15, 0.2) is 0 Å². The zero-order valence-corrected chi connectivity index (χ0v) is 8.23. The van der Waals surface area contributed by atoms with E-state index < -0.39 is 5.91 Å². The first kappa shape index (κ1) is 10.7. The lowest BCUT2D eigenvalue weighted by Gasteiger charge is -2.12. The van der Waals surface area contributed by atoms with E-state index in [4.69, 9.17) is 11.5 Å². The van der Waals surface area contributed by atoms with Crippen LogP contribution in [0, 0.1) is 0 Å². The molecule has 0 saturated carbocycles. The van der Waals surface area contributed by atoms with Crippen molar-refractivity contribution in [3.63, 3.8) is 0 Å². The van der Waals surface area contributed by atoms with Crippen molar-refractivity contribution in [1.82, 2.24) is 4.98 Å². The fourth-order valence-corrected chi connectivity index (χ4v) is 1.37. The highest BCUT2D eigenvalue weighted by atomic mass is 16.1. The highest BCUT2D eigenvalue weighted by Gasteiger charge is 2.14. The number of pyridine rings is 1. The summed E-state index contributed by atoms with van der Waals surface area (Å²) in [5.74, 6) is -0.473. The van der Waals surface area contributed by atoms with Gasteiger partial charge in [-0.25, -0.2) is 0 Å². The molecule has 1 aromatic rings. The molecule has 0 fully saturated rings. The molecule has 1 atom stereocenters. The molecular formula is C10H15N3O. The molecule has 1 heterocycles. The SMILES string of the molecule is CCCC(N)c1ncccc1C(N)=O. The normalized spacial score (nSPS) is 12.4. The molecule has 76 valence electrons. The molecule has 0 spiro atoms. The number of hydrogen-bond acceptors (Lipinski definition) is 3. The molecule has 0 aliphatic rings. The van der Waals surface area contributed by atoms with Crippen molar-refractivity contribution < 1.29 is 4.79 Å². The molecule has 4 N–H and O–H groups in total. The van der Waals surface area contributed by atoms with E-state index in [9.17, 15) is 4.79 Å².